The van der Waals surface area contributed by atoms with Crippen molar-refractivity contribution in [3.05, 3.63) is 87.8 Å². The van der Waals surface area contributed by atoms with Crippen LogP contribution in [0.5, 0.6) is 0 Å². The van der Waals surface area contributed by atoms with Crippen LogP contribution in [-0.4, -0.2) is 38.0 Å². The summed E-state index contributed by atoms with van der Waals surface area (Å²) in [6, 6.07) is 19.2. The number of carbonyl (C=O) groups is 3. The number of methoxy groups -OCH3 is 1. The molecule has 1 unspecified atom stereocenters. The molecule has 4 rings (SSSR count). The quantitative estimate of drug-likeness (QED) is 0.344. The number of benzene rings is 2. The summed E-state index contributed by atoms with van der Waals surface area (Å²) in [6.07, 6.45) is 2.73. The van der Waals surface area contributed by atoms with Crippen molar-refractivity contribution in [3.63, 3.8) is 0 Å². The fraction of sp³-hybridized carbons (Fsp3) is 0.296. The van der Waals surface area contributed by atoms with E-state index in [-0.39, 0.29) is 24.8 Å². The number of anilines is 1. The molecule has 1 atom stereocenters. The van der Waals surface area contributed by atoms with E-state index in [2.05, 4.69) is 29.6 Å². The zero-order chi connectivity index (χ0) is 23.9. The van der Waals surface area contributed by atoms with Gasteiger partial charge in [0, 0.05) is 17.0 Å². The molecule has 0 bridgehead atoms. The molecular formula is C27H27NO5S. The van der Waals surface area contributed by atoms with Crippen molar-refractivity contribution in [2.45, 2.75) is 31.6 Å². The molecule has 34 heavy (non-hydrogen) atoms. The highest BCUT2D eigenvalue weighted by molar-refractivity contribution is 7.16. The molecule has 2 aromatic carbocycles. The van der Waals surface area contributed by atoms with E-state index in [4.69, 9.17) is 9.47 Å². The maximum Gasteiger partial charge on any atom is 0.341 e. The highest BCUT2D eigenvalue weighted by Crippen LogP contribution is 2.42. The molecule has 1 aromatic heterocycles. The van der Waals surface area contributed by atoms with Crippen LogP contribution in [0, 0.1) is 0 Å². The van der Waals surface area contributed by atoms with Crippen LogP contribution in [-0.2, 0) is 27.1 Å². The van der Waals surface area contributed by atoms with Gasteiger partial charge in [-0.3, -0.25) is 9.59 Å². The first-order valence-corrected chi connectivity index (χ1v) is 12.1. The Kier molecular flexibility index (Phi) is 7.75. The first-order chi connectivity index (χ1) is 16.6. The molecule has 176 valence electrons. The topological polar surface area (TPSA) is 81.7 Å². The number of nitrogens with one attached hydrogen (secondary N) is 1. The van der Waals surface area contributed by atoms with Gasteiger partial charge in [0.1, 0.15) is 5.00 Å². The minimum Gasteiger partial charge on any atom is -0.465 e. The molecule has 0 aliphatic heterocycles. The van der Waals surface area contributed by atoms with E-state index in [9.17, 15) is 14.4 Å². The van der Waals surface area contributed by atoms with Crippen LogP contribution >= 0.6 is 11.3 Å². The van der Waals surface area contributed by atoms with Crippen molar-refractivity contribution in [2.75, 3.05) is 25.6 Å². The molecule has 1 heterocycles. The number of ether oxygens (including phenoxy) is 2. The molecule has 0 radical (unpaired) electrons. The lowest BCUT2D eigenvalue weighted by Gasteiger charge is -2.22. The molecule has 0 amide bonds. The highest BCUT2D eigenvalue weighted by Gasteiger charge is 2.30. The summed E-state index contributed by atoms with van der Waals surface area (Å²) in [5, 5.41) is 3.94. The van der Waals surface area contributed by atoms with E-state index in [1.807, 2.05) is 12.1 Å². The molecule has 6 nitrogen and oxygen atoms in total. The molecule has 1 aliphatic rings. The average Bonchev–Trinajstić information content (AvgIpc) is 3.25. The number of fused-ring (bicyclic) bond motifs is 1. The van der Waals surface area contributed by atoms with Crippen LogP contribution in [0.3, 0.4) is 0 Å². The molecule has 0 spiro atoms. The number of hydrogen-bond acceptors (Lipinski definition) is 7. The lowest BCUT2D eigenvalue weighted by atomic mass is 9.83. The van der Waals surface area contributed by atoms with Gasteiger partial charge in [-0.15, -0.1) is 11.3 Å². The predicted octanol–water partition coefficient (Wildman–Crippen LogP) is 5.04. The molecule has 0 fully saturated rings. The largest absolute Gasteiger partial charge is 0.465 e. The minimum atomic E-state index is -0.470. The fourth-order valence-corrected chi connectivity index (χ4v) is 5.58. The maximum absolute atomic E-state index is 12.5. The summed E-state index contributed by atoms with van der Waals surface area (Å²) in [6.45, 7) is 0.00823. The second-order valence-electron chi connectivity index (χ2n) is 8.18. The second-order valence-corrected chi connectivity index (χ2v) is 9.28. The summed E-state index contributed by atoms with van der Waals surface area (Å²) in [5.41, 5.74) is 3.43. The Hall–Kier alpha value is -3.45. The van der Waals surface area contributed by atoms with E-state index in [1.165, 1.54) is 17.6 Å². The summed E-state index contributed by atoms with van der Waals surface area (Å²) in [5.74, 6) is -0.660. The molecule has 0 saturated heterocycles. The van der Waals surface area contributed by atoms with E-state index >= 15 is 0 Å². The first-order valence-electron chi connectivity index (χ1n) is 11.3. The zero-order valence-corrected chi connectivity index (χ0v) is 19.9. The summed E-state index contributed by atoms with van der Waals surface area (Å²) in [7, 11) is 1.38. The van der Waals surface area contributed by atoms with Crippen molar-refractivity contribution in [2.24, 2.45) is 0 Å². The van der Waals surface area contributed by atoms with Crippen molar-refractivity contribution < 1.29 is 23.9 Å². The molecule has 7 heteroatoms. The van der Waals surface area contributed by atoms with Gasteiger partial charge in [0.2, 0.25) is 0 Å². The Bertz CT molecular complexity index is 1160. The van der Waals surface area contributed by atoms with Crippen LogP contribution in [0.4, 0.5) is 5.00 Å². The molecule has 3 aromatic rings. The lowest BCUT2D eigenvalue weighted by molar-refractivity contribution is -0.142. The summed E-state index contributed by atoms with van der Waals surface area (Å²) in [4.78, 5) is 38.0. The van der Waals surface area contributed by atoms with Crippen LogP contribution in [0.2, 0.25) is 0 Å². The Labute approximate surface area is 202 Å². The van der Waals surface area contributed by atoms with Crippen LogP contribution in [0.15, 0.2) is 60.7 Å². The van der Waals surface area contributed by atoms with Crippen molar-refractivity contribution in [1.29, 1.82) is 0 Å². The monoisotopic (exact) mass is 477 g/mol. The van der Waals surface area contributed by atoms with Gasteiger partial charge in [-0.2, -0.15) is 0 Å². The van der Waals surface area contributed by atoms with E-state index in [0.29, 0.717) is 23.6 Å². The van der Waals surface area contributed by atoms with E-state index < -0.39 is 5.97 Å². The molecular weight excluding hydrogens is 450 g/mol. The van der Waals surface area contributed by atoms with Crippen molar-refractivity contribution in [3.8, 4) is 0 Å². The maximum atomic E-state index is 12.5. The van der Waals surface area contributed by atoms with Gasteiger partial charge in [-0.05, 0) is 36.3 Å². The molecule has 1 aliphatic carbocycles. The van der Waals surface area contributed by atoms with Crippen LogP contribution in [0.25, 0.3) is 0 Å². The smallest absolute Gasteiger partial charge is 0.341 e. The van der Waals surface area contributed by atoms with E-state index in [0.717, 1.165) is 29.8 Å². The van der Waals surface area contributed by atoms with Gasteiger partial charge < -0.3 is 14.8 Å². The zero-order valence-electron chi connectivity index (χ0n) is 19.0. The standard InChI is InChI=1S/C27H27NO5S/c1-32-27(31)25-21-13-12-20(18-8-4-2-5-9-18)16-23(21)34-26(25)28-15-14-24(30)33-17-22(29)19-10-6-3-7-11-19/h2-11,20,28H,12-17H2,1H3. The Morgan fingerprint density at radius 3 is 2.44 bits per heavy atom. The number of Topliss-reactive ketones (excluding diaryl/α,β-unsaturated/α-hetero) is 1. The number of rotatable bonds is 9. The predicted molar refractivity (Wildman–Crippen MR) is 132 cm³/mol. The average molecular weight is 478 g/mol. The minimum absolute atomic E-state index is 0.0812. The van der Waals surface area contributed by atoms with Gasteiger partial charge in [0.15, 0.2) is 12.4 Å². The van der Waals surface area contributed by atoms with Crippen LogP contribution < -0.4 is 5.32 Å². The first kappa shape index (κ1) is 23.7. The summed E-state index contributed by atoms with van der Waals surface area (Å²) < 4.78 is 10.2. The van der Waals surface area contributed by atoms with Gasteiger partial charge in [-0.25, -0.2) is 4.79 Å². The summed E-state index contributed by atoms with van der Waals surface area (Å²) >= 11 is 1.55. The number of carbonyl (C=O) groups excluding carboxylic acids is 3. The van der Waals surface area contributed by atoms with Gasteiger partial charge >= 0.3 is 11.9 Å². The van der Waals surface area contributed by atoms with E-state index in [1.54, 1.807) is 35.6 Å². The number of ketones is 1. The van der Waals surface area contributed by atoms with Gasteiger partial charge in [-0.1, -0.05) is 60.7 Å². The normalized spacial score (nSPS) is 14.7. The Balaban J connectivity index is 1.36. The van der Waals surface area contributed by atoms with Gasteiger partial charge in [0.25, 0.3) is 0 Å². The van der Waals surface area contributed by atoms with Crippen molar-refractivity contribution in [1.82, 2.24) is 0 Å². The third-order valence-corrected chi connectivity index (χ3v) is 7.21. The Morgan fingerprint density at radius 2 is 1.74 bits per heavy atom. The highest BCUT2D eigenvalue weighted by atomic mass is 32.1. The van der Waals surface area contributed by atoms with Crippen LogP contribution in [0.1, 0.15) is 55.5 Å². The lowest BCUT2D eigenvalue weighted by Crippen LogP contribution is -2.17. The van der Waals surface area contributed by atoms with Crippen molar-refractivity contribution >= 4 is 34.1 Å². The number of thiophene rings is 1. The molecule has 0 saturated carbocycles. The van der Waals surface area contributed by atoms with Gasteiger partial charge in [0.05, 0.1) is 19.1 Å². The Morgan fingerprint density at radius 1 is 1.03 bits per heavy atom. The number of esters is 2. The third-order valence-electron chi connectivity index (χ3n) is 6.00. The second kappa shape index (κ2) is 11.1. The number of hydrogen-bond donors (Lipinski definition) is 1. The fourth-order valence-electron chi connectivity index (χ4n) is 4.24. The third kappa shape index (κ3) is 5.54. The molecule has 1 N–H and O–H groups in total. The SMILES string of the molecule is COC(=O)c1c(NCCC(=O)OCC(=O)c2ccccc2)sc2c1CCC(c1ccccc1)C2.